The van der Waals surface area contributed by atoms with Crippen molar-refractivity contribution >= 4 is 5.91 Å². The minimum atomic E-state index is 0.120. The van der Waals surface area contributed by atoms with Crippen LogP contribution in [-0.4, -0.2) is 36.5 Å². The second kappa shape index (κ2) is 6.86. The molecule has 0 fully saturated rings. The van der Waals surface area contributed by atoms with Gasteiger partial charge < -0.3 is 11.1 Å². The van der Waals surface area contributed by atoms with Crippen LogP contribution in [-0.2, 0) is 11.2 Å². The molecule has 0 aliphatic carbocycles. The third-order valence-corrected chi connectivity index (χ3v) is 3.82. The van der Waals surface area contributed by atoms with E-state index in [4.69, 9.17) is 5.73 Å². The largest absolute Gasteiger partial charge is 0.354 e. The lowest BCUT2D eigenvalue weighted by atomic mass is 9.92. The van der Waals surface area contributed by atoms with Crippen LogP contribution < -0.4 is 11.1 Å². The Morgan fingerprint density at radius 1 is 1.45 bits per heavy atom. The smallest absolute Gasteiger partial charge is 0.221 e. The highest BCUT2D eigenvalue weighted by Gasteiger charge is 2.25. The molecule has 0 radical (unpaired) electrons. The van der Waals surface area contributed by atoms with Gasteiger partial charge in [-0.2, -0.15) is 0 Å². The third-order valence-electron chi connectivity index (χ3n) is 3.82. The van der Waals surface area contributed by atoms with Crippen molar-refractivity contribution in [2.75, 3.05) is 19.6 Å². The molecule has 1 aromatic carbocycles. The molecule has 0 aromatic heterocycles. The third kappa shape index (κ3) is 3.58. The predicted octanol–water partition coefficient (Wildman–Crippen LogP) is 1.46. The van der Waals surface area contributed by atoms with E-state index in [0.717, 1.165) is 19.5 Å². The van der Waals surface area contributed by atoms with Crippen molar-refractivity contribution in [1.29, 1.82) is 0 Å². The Kier molecular flexibility index (Phi) is 5.15. The SMILES string of the molecule is CC(C)NC(=O)CCN1CCc2ccccc2C1CN. The molecule has 1 heterocycles. The molecule has 4 nitrogen and oxygen atoms in total. The molecule has 110 valence electrons. The van der Waals surface area contributed by atoms with Gasteiger partial charge in [0.1, 0.15) is 0 Å². The Labute approximate surface area is 121 Å². The van der Waals surface area contributed by atoms with Crippen LogP contribution in [0.1, 0.15) is 37.4 Å². The van der Waals surface area contributed by atoms with E-state index in [0.29, 0.717) is 13.0 Å². The second-order valence-electron chi connectivity index (χ2n) is 5.71. The Bertz CT molecular complexity index is 459. The molecule has 1 unspecified atom stereocenters. The van der Waals surface area contributed by atoms with Gasteiger partial charge in [0.25, 0.3) is 0 Å². The van der Waals surface area contributed by atoms with Crippen molar-refractivity contribution in [3.8, 4) is 0 Å². The number of rotatable bonds is 5. The molecule has 0 bridgehead atoms. The van der Waals surface area contributed by atoms with Crippen LogP contribution in [0.3, 0.4) is 0 Å². The van der Waals surface area contributed by atoms with Crippen LogP contribution in [0.4, 0.5) is 0 Å². The van der Waals surface area contributed by atoms with E-state index in [1.807, 2.05) is 13.8 Å². The summed E-state index contributed by atoms with van der Waals surface area (Å²) < 4.78 is 0. The summed E-state index contributed by atoms with van der Waals surface area (Å²) in [7, 11) is 0. The molecule has 4 heteroatoms. The quantitative estimate of drug-likeness (QED) is 0.855. The number of hydrogen-bond donors (Lipinski definition) is 2. The van der Waals surface area contributed by atoms with Gasteiger partial charge in [0.2, 0.25) is 5.91 Å². The molecule has 0 saturated carbocycles. The van der Waals surface area contributed by atoms with Crippen LogP contribution in [0.2, 0.25) is 0 Å². The lowest BCUT2D eigenvalue weighted by Gasteiger charge is -2.36. The Hall–Kier alpha value is -1.39. The number of nitrogens with one attached hydrogen (secondary N) is 1. The minimum Gasteiger partial charge on any atom is -0.354 e. The van der Waals surface area contributed by atoms with Gasteiger partial charge in [0, 0.05) is 38.1 Å². The fraction of sp³-hybridized carbons (Fsp3) is 0.562. The van der Waals surface area contributed by atoms with E-state index in [1.165, 1.54) is 11.1 Å². The zero-order valence-electron chi connectivity index (χ0n) is 12.4. The summed E-state index contributed by atoms with van der Waals surface area (Å²) in [4.78, 5) is 14.1. The number of carbonyl (C=O) groups is 1. The molecule has 0 saturated heterocycles. The average molecular weight is 275 g/mol. The van der Waals surface area contributed by atoms with Gasteiger partial charge in [-0.15, -0.1) is 0 Å². The van der Waals surface area contributed by atoms with Crippen LogP contribution in [0.15, 0.2) is 24.3 Å². The fourth-order valence-electron chi connectivity index (χ4n) is 2.89. The summed E-state index contributed by atoms with van der Waals surface area (Å²) in [6, 6.07) is 8.93. The lowest BCUT2D eigenvalue weighted by Crippen LogP contribution is -2.41. The molecular formula is C16H25N3O. The van der Waals surface area contributed by atoms with Gasteiger partial charge in [0.15, 0.2) is 0 Å². The molecule has 1 atom stereocenters. The van der Waals surface area contributed by atoms with E-state index in [-0.39, 0.29) is 18.0 Å². The zero-order valence-corrected chi connectivity index (χ0v) is 12.4. The first-order valence-corrected chi connectivity index (χ1v) is 7.43. The highest BCUT2D eigenvalue weighted by atomic mass is 16.1. The van der Waals surface area contributed by atoms with Gasteiger partial charge in [0.05, 0.1) is 0 Å². The molecule has 0 spiro atoms. The molecule has 1 aliphatic heterocycles. The van der Waals surface area contributed by atoms with Gasteiger partial charge in [-0.1, -0.05) is 24.3 Å². The predicted molar refractivity (Wildman–Crippen MR) is 81.4 cm³/mol. The van der Waals surface area contributed by atoms with Crippen molar-refractivity contribution in [3.05, 3.63) is 35.4 Å². The second-order valence-corrected chi connectivity index (χ2v) is 5.71. The number of nitrogens with two attached hydrogens (primary N) is 1. The number of benzene rings is 1. The van der Waals surface area contributed by atoms with E-state index in [9.17, 15) is 4.79 Å². The highest BCUT2D eigenvalue weighted by Crippen LogP contribution is 2.28. The molecule has 1 aromatic rings. The zero-order chi connectivity index (χ0) is 14.5. The van der Waals surface area contributed by atoms with Gasteiger partial charge in [-0.05, 0) is 31.4 Å². The molecule has 3 N–H and O–H groups in total. The molecule has 20 heavy (non-hydrogen) atoms. The monoisotopic (exact) mass is 275 g/mol. The molecule has 1 aliphatic rings. The molecule has 1 amide bonds. The summed E-state index contributed by atoms with van der Waals surface area (Å²) >= 11 is 0. The number of carbonyl (C=O) groups excluding carboxylic acids is 1. The van der Waals surface area contributed by atoms with E-state index < -0.39 is 0 Å². The first-order valence-electron chi connectivity index (χ1n) is 7.43. The molecular weight excluding hydrogens is 250 g/mol. The Morgan fingerprint density at radius 3 is 2.90 bits per heavy atom. The average Bonchev–Trinajstić information content (AvgIpc) is 2.43. The maximum absolute atomic E-state index is 11.8. The maximum atomic E-state index is 11.8. The Balaban J connectivity index is 1.98. The van der Waals surface area contributed by atoms with Crippen LogP contribution in [0, 0.1) is 0 Å². The minimum absolute atomic E-state index is 0.120. The number of nitrogens with zero attached hydrogens (tertiary/aromatic N) is 1. The van der Waals surface area contributed by atoms with Gasteiger partial charge in [-0.25, -0.2) is 0 Å². The number of amides is 1. The summed E-state index contributed by atoms with van der Waals surface area (Å²) in [5.41, 5.74) is 8.67. The van der Waals surface area contributed by atoms with E-state index >= 15 is 0 Å². The van der Waals surface area contributed by atoms with Crippen molar-refractivity contribution in [3.63, 3.8) is 0 Å². The standard InChI is InChI=1S/C16H25N3O/c1-12(2)18-16(20)8-10-19-9-7-13-5-3-4-6-14(13)15(19)11-17/h3-6,12,15H,7-11,17H2,1-2H3,(H,18,20). The normalized spacial score (nSPS) is 18.9. The topological polar surface area (TPSA) is 58.4 Å². The number of hydrogen-bond acceptors (Lipinski definition) is 3. The van der Waals surface area contributed by atoms with Crippen molar-refractivity contribution in [2.24, 2.45) is 5.73 Å². The van der Waals surface area contributed by atoms with Gasteiger partial charge in [-0.3, -0.25) is 9.69 Å². The van der Waals surface area contributed by atoms with Crippen LogP contribution in [0.5, 0.6) is 0 Å². The first-order chi connectivity index (χ1) is 9.61. The van der Waals surface area contributed by atoms with Crippen LogP contribution >= 0.6 is 0 Å². The van der Waals surface area contributed by atoms with E-state index in [2.05, 4.69) is 34.5 Å². The van der Waals surface area contributed by atoms with Crippen LogP contribution in [0.25, 0.3) is 0 Å². The van der Waals surface area contributed by atoms with Crippen molar-refractivity contribution in [1.82, 2.24) is 10.2 Å². The van der Waals surface area contributed by atoms with Gasteiger partial charge >= 0.3 is 0 Å². The van der Waals surface area contributed by atoms with Crippen molar-refractivity contribution < 1.29 is 4.79 Å². The maximum Gasteiger partial charge on any atom is 0.221 e. The van der Waals surface area contributed by atoms with Crippen molar-refractivity contribution in [2.45, 2.75) is 38.8 Å². The summed E-state index contributed by atoms with van der Waals surface area (Å²) in [6.45, 7) is 6.32. The Morgan fingerprint density at radius 2 is 2.20 bits per heavy atom. The highest BCUT2D eigenvalue weighted by molar-refractivity contribution is 5.76. The fourth-order valence-corrected chi connectivity index (χ4v) is 2.89. The first kappa shape index (κ1) is 15.0. The lowest BCUT2D eigenvalue weighted by molar-refractivity contribution is -0.122. The summed E-state index contributed by atoms with van der Waals surface area (Å²) in [5, 5.41) is 2.94. The molecule has 2 rings (SSSR count). The number of fused-ring (bicyclic) bond motifs is 1. The van der Waals surface area contributed by atoms with E-state index in [1.54, 1.807) is 0 Å². The summed E-state index contributed by atoms with van der Waals surface area (Å²) in [5.74, 6) is 0.120. The summed E-state index contributed by atoms with van der Waals surface area (Å²) in [6.07, 6.45) is 1.58.